The second-order valence-corrected chi connectivity index (χ2v) is 5.76. The summed E-state index contributed by atoms with van der Waals surface area (Å²) in [6.07, 6.45) is 1.15. The Morgan fingerprint density at radius 2 is 2.11 bits per heavy atom. The Labute approximate surface area is 118 Å². The summed E-state index contributed by atoms with van der Waals surface area (Å²) >= 11 is 7.90. The summed E-state index contributed by atoms with van der Waals surface area (Å²) < 4.78 is 0. The van der Waals surface area contributed by atoms with E-state index < -0.39 is 0 Å². The molecule has 1 aromatic heterocycles. The van der Waals surface area contributed by atoms with E-state index in [1.807, 2.05) is 6.07 Å². The largest absolute Gasteiger partial charge is 0.313 e. The zero-order chi connectivity index (χ0) is 13.0. The molecule has 0 bridgehead atoms. The lowest BCUT2D eigenvalue weighted by Gasteiger charge is -2.10. The molecule has 0 unspecified atom stereocenters. The average Bonchev–Trinajstić information content (AvgIpc) is 2.76. The number of aryl methyl sites for hydroxylation is 1. The third-order valence-electron chi connectivity index (χ3n) is 2.92. The van der Waals surface area contributed by atoms with E-state index in [2.05, 4.69) is 42.7 Å². The van der Waals surface area contributed by atoms with Gasteiger partial charge in [0.2, 0.25) is 0 Å². The molecule has 1 aromatic carbocycles. The predicted octanol–water partition coefficient (Wildman–Crippen LogP) is 4.88. The maximum Gasteiger partial charge on any atom is 0.0409 e. The van der Waals surface area contributed by atoms with E-state index >= 15 is 0 Å². The molecule has 0 fully saturated rings. The Balaban J connectivity index is 2.32. The van der Waals surface area contributed by atoms with Crippen LogP contribution in [0.4, 0.5) is 0 Å². The zero-order valence-corrected chi connectivity index (χ0v) is 12.4. The highest BCUT2D eigenvalue weighted by atomic mass is 35.5. The molecule has 1 nitrogen and oxygen atoms in total. The minimum Gasteiger partial charge on any atom is -0.313 e. The highest BCUT2D eigenvalue weighted by Gasteiger charge is 2.09. The Morgan fingerprint density at radius 1 is 1.28 bits per heavy atom. The van der Waals surface area contributed by atoms with Gasteiger partial charge in [-0.3, -0.25) is 0 Å². The first-order chi connectivity index (χ1) is 8.72. The molecule has 0 atom stereocenters. The fourth-order valence-electron chi connectivity index (χ4n) is 1.98. The summed E-state index contributed by atoms with van der Waals surface area (Å²) in [5.41, 5.74) is 3.91. The summed E-state index contributed by atoms with van der Waals surface area (Å²) in [4.78, 5) is 1.35. The van der Waals surface area contributed by atoms with Crippen LogP contribution in [0.1, 0.15) is 24.5 Å². The molecule has 96 valence electrons. The molecular weight excluding hydrogens is 262 g/mol. The van der Waals surface area contributed by atoms with E-state index in [1.165, 1.54) is 21.6 Å². The molecule has 0 saturated carbocycles. The van der Waals surface area contributed by atoms with Gasteiger partial charge < -0.3 is 5.32 Å². The van der Waals surface area contributed by atoms with Crippen LogP contribution in [-0.2, 0) is 6.54 Å². The van der Waals surface area contributed by atoms with Crippen molar-refractivity contribution in [1.82, 2.24) is 5.32 Å². The molecule has 3 heteroatoms. The van der Waals surface area contributed by atoms with Gasteiger partial charge in [0.15, 0.2) is 0 Å². The first-order valence-corrected chi connectivity index (χ1v) is 7.51. The highest BCUT2D eigenvalue weighted by Crippen LogP contribution is 2.33. The predicted molar refractivity (Wildman–Crippen MR) is 81.5 cm³/mol. The summed E-state index contributed by atoms with van der Waals surface area (Å²) in [6, 6.07) is 8.33. The van der Waals surface area contributed by atoms with Crippen LogP contribution >= 0.6 is 22.9 Å². The number of hydrogen-bond acceptors (Lipinski definition) is 2. The Morgan fingerprint density at radius 3 is 2.78 bits per heavy atom. The summed E-state index contributed by atoms with van der Waals surface area (Å²) in [5, 5.41) is 6.39. The van der Waals surface area contributed by atoms with E-state index in [0.29, 0.717) is 0 Å². The second-order valence-electron chi connectivity index (χ2n) is 4.41. The van der Waals surface area contributed by atoms with E-state index in [-0.39, 0.29) is 0 Å². The van der Waals surface area contributed by atoms with E-state index in [1.54, 1.807) is 11.3 Å². The SMILES string of the molecule is CCCNCc1cc(Cl)ccc1-c1sccc1C. The van der Waals surface area contributed by atoms with Gasteiger partial charge in [-0.1, -0.05) is 24.6 Å². The number of thiophene rings is 1. The summed E-state index contributed by atoms with van der Waals surface area (Å²) in [5.74, 6) is 0. The summed E-state index contributed by atoms with van der Waals surface area (Å²) in [7, 11) is 0. The van der Waals surface area contributed by atoms with Gasteiger partial charge in [0.25, 0.3) is 0 Å². The number of nitrogens with one attached hydrogen (secondary N) is 1. The van der Waals surface area contributed by atoms with Gasteiger partial charge in [-0.15, -0.1) is 11.3 Å². The Hall–Kier alpha value is -0.830. The van der Waals surface area contributed by atoms with E-state index in [4.69, 9.17) is 11.6 Å². The number of hydrogen-bond donors (Lipinski definition) is 1. The van der Waals surface area contributed by atoms with Crippen molar-refractivity contribution >= 4 is 22.9 Å². The van der Waals surface area contributed by atoms with Gasteiger partial charge in [0, 0.05) is 16.4 Å². The van der Waals surface area contributed by atoms with Crippen molar-refractivity contribution in [3.8, 4) is 10.4 Å². The van der Waals surface area contributed by atoms with Crippen LogP contribution in [0.15, 0.2) is 29.6 Å². The Kier molecular flexibility index (Phi) is 4.81. The van der Waals surface area contributed by atoms with Crippen LogP contribution in [-0.4, -0.2) is 6.54 Å². The summed E-state index contributed by atoms with van der Waals surface area (Å²) in [6.45, 7) is 6.25. The third kappa shape index (κ3) is 3.14. The van der Waals surface area contributed by atoms with Gasteiger partial charge >= 0.3 is 0 Å². The quantitative estimate of drug-likeness (QED) is 0.770. The maximum absolute atomic E-state index is 6.11. The molecule has 0 spiro atoms. The van der Waals surface area contributed by atoms with Crippen molar-refractivity contribution in [2.24, 2.45) is 0 Å². The second kappa shape index (κ2) is 6.37. The van der Waals surface area contributed by atoms with Crippen molar-refractivity contribution in [2.75, 3.05) is 6.54 Å². The van der Waals surface area contributed by atoms with Crippen molar-refractivity contribution in [3.05, 3.63) is 45.8 Å². The molecule has 0 aliphatic carbocycles. The minimum atomic E-state index is 0.807. The molecule has 0 amide bonds. The lowest BCUT2D eigenvalue weighted by atomic mass is 10.0. The van der Waals surface area contributed by atoms with Crippen LogP contribution in [0, 0.1) is 6.92 Å². The molecule has 0 aliphatic heterocycles. The molecule has 1 heterocycles. The standard InChI is InChI=1S/C15H18ClNS/c1-3-7-17-10-12-9-13(16)4-5-14(12)15-11(2)6-8-18-15/h4-6,8-9,17H,3,7,10H2,1-2H3. The van der Waals surface area contributed by atoms with Gasteiger partial charge in [-0.25, -0.2) is 0 Å². The minimum absolute atomic E-state index is 0.807. The van der Waals surface area contributed by atoms with Crippen LogP contribution in [0.25, 0.3) is 10.4 Å². The van der Waals surface area contributed by atoms with Crippen molar-refractivity contribution in [1.29, 1.82) is 0 Å². The first-order valence-electron chi connectivity index (χ1n) is 6.26. The lowest BCUT2D eigenvalue weighted by molar-refractivity contribution is 0.676. The molecule has 0 saturated heterocycles. The Bertz CT molecular complexity index is 519. The van der Waals surface area contributed by atoms with Crippen molar-refractivity contribution in [2.45, 2.75) is 26.8 Å². The highest BCUT2D eigenvalue weighted by molar-refractivity contribution is 7.13. The fourth-order valence-corrected chi connectivity index (χ4v) is 3.16. The van der Waals surface area contributed by atoms with Crippen LogP contribution < -0.4 is 5.32 Å². The lowest BCUT2D eigenvalue weighted by Crippen LogP contribution is -2.14. The van der Waals surface area contributed by atoms with Crippen molar-refractivity contribution in [3.63, 3.8) is 0 Å². The normalized spacial score (nSPS) is 10.8. The first kappa shape index (κ1) is 13.6. The van der Waals surface area contributed by atoms with Gasteiger partial charge in [0.05, 0.1) is 0 Å². The van der Waals surface area contributed by atoms with E-state index in [9.17, 15) is 0 Å². The van der Waals surface area contributed by atoms with Gasteiger partial charge in [-0.05, 0) is 60.2 Å². The van der Waals surface area contributed by atoms with Crippen molar-refractivity contribution < 1.29 is 0 Å². The zero-order valence-electron chi connectivity index (χ0n) is 10.8. The number of halogens is 1. The topological polar surface area (TPSA) is 12.0 Å². The monoisotopic (exact) mass is 279 g/mol. The molecule has 18 heavy (non-hydrogen) atoms. The van der Waals surface area contributed by atoms with Gasteiger partial charge in [0.1, 0.15) is 0 Å². The molecule has 0 radical (unpaired) electrons. The fraction of sp³-hybridized carbons (Fsp3) is 0.333. The number of benzene rings is 1. The molecular formula is C15H18ClNS. The van der Waals surface area contributed by atoms with Crippen LogP contribution in [0.5, 0.6) is 0 Å². The third-order valence-corrected chi connectivity index (χ3v) is 4.20. The number of rotatable bonds is 5. The molecule has 2 aromatic rings. The molecule has 1 N–H and O–H groups in total. The van der Waals surface area contributed by atoms with Gasteiger partial charge in [-0.2, -0.15) is 0 Å². The maximum atomic E-state index is 6.11. The van der Waals surface area contributed by atoms with Crippen LogP contribution in [0.2, 0.25) is 5.02 Å². The molecule has 2 rings (SSSR count). The van der Waals surface area contributed by atoms with E-state index in [0.717, 1.165) is 24.5 Å². The smallest absolute Gasteiger partial charge is 0.0409 e. The average molecular weight is 280 g/mol. The molecule has 0 aliphatic rings. The van der Waals surface area contributed by atoms with Crippen LogP contribution in [0.3, 0.4) is 0 Å².